The fraction of sp³-hybridized carbons (Fsp3) is 0.438. The molecule has 1 aliphatic rings. The van der Waals surface area contributed by atoms with Crippen molar-refractivity contribution in [3.8, 4) is 10.4 Å². The number of piperidine rings is 1. The fourth-order valence-corrected chi connectivity index (χ4v) is 4.74. The summed E-state index contributed by atoms with van der Waals surface area (Å²) in [6.45, 7) is 2.87. The van der Waals surface area contributed by atoms with Crippen LogP contribution in [-0.4, -0.2) is 42.6 Å². The number of nitrogens with one attached hydrogen (secondary N) is 1. The van der Waals surface area contributed by atoms with Gasteiger partial charge in [0.15, 0.2) is 5.13 Å². The van der Waals surface area contributed by atoms with E-state index in [2.05, 4.69) is 22.4 Å². The van der Waals surface area contributed by atoms with Crippen molar-refractivity contribution in [3.05, 3.63) is 36.5 Å². The van der Waals surface area contributed by atoms with Crippen LogP contribution in [0.25, 0.3) is 10.4 Å². The zero-order chi connectivity index (χ0) is 16.3. The van der Waals surface area contributed by atoms with Gasteiger partial charge in [0, 0.05) is 25.3 Å². The lowest BCUT2D eigenvalue weighted by Gasteiger charge is -2.31. The quantitative estimate of drug-likeness (QED) is 0.899. The molecule has 7 heteroatoms. The van der Waals surface area contributed by atoms with Gasteiger partial charge in [-0.15, -0.1) is 0 Å². The van der Waals surface area contributed by atoms with Crippen molar-refractivity contribution in [1.82, 2.24) is 9.29 Å². The highest BCUT2D eigenvalue weighted by atomic mass is 32.2. The van der Waals surface area contributed by atoms with Gasteiger partial charge in [-0.05, 0) is 25.3 Å². The first kappa shape index (κ1) is 16.4. The van der Waals surface area contributed by atoms with E-state index in [1.165, 1.54) is 5.56 Å². The summed E-state index contributed by atoms with van der Waals surface area (Å²) in [4.78, 5) is 5.58. The van der Waals surface area contributed by atoms with Crippen LogP contribution >= 0.6 is 11.3 Å². The molecule has 0 aliphatic carbocycles. The summed E-state index contributed by atoms with van der Waals surface area (Å²) in [7, 11) is -3.06. The molecule has 0 radical (unpaired) electrons. The number of rotatable bonds is 5. The summed E-state index contributed by atoms with van der Waals surface area (Å²) >= 11 is 1.64. The molecule has 23 heavy (non-hydrogen) atoms. The number of hydrogen-bond acceptors (Lipinski definition) is 5. The van der Waals surface area contributed by atoms with Crippen molar-refractivity contribution in [2.45, 2.75) is 25.8 Å². The summed E-state index contributed by atoms with van der Waals surface area (Å²) in [6.07, 6.45) is 3.53. The number of nitrogens with zero attached hydrogens (tertiary/aromatic N) is 2. The zero-order valence-corrected chi connectivity index (χ0v) is 14.7. The Bertz CT molecular complexity index is 736. The third kappa shape index (κ3) is 3.91. The summed E-state index contributed by atoms with van der Waals surface area (Å²) in [6, 6.07) is 10.5. The molecule has 1 aromatic heterocycles. The summed E-state index contributed by atoms with van der Waals surface area (Å²) in [5.41, 5.74) is 1.17. The number of aromatic nitrogens is 1. The van der Waals surface area contributed by atoms with Gasteiger partial charge < -0.3 is 5.32 Å². The van der Waals surface area contributed by atoms with Crippen LogP contribution in [0.4, 0.5) is 5.13 Å². The lowest BCUT2D eigenvalue weighted by Crippen LogP contribution is -2.42. The van der Waals surface area contributed by atoms with E-state index in [1.807, 2.05) is 24.4 Å². The number of sulfonamides is 1. The molecule has 1 aromatic carbocycles. The van der Waals surface area contributed by atoms with Crippen molar-refractivity contribution in [2.24, 2.45) is 0 Å². The Hall–Kier alpha value is -1.44. The van der Waals surface area contributed by atoms with E-state index in [4.69, 9.17) is 0 Å². The Morgan fingerprint density at radius 3 is 2.61 bits per heavy atom. The smallest absolute Gasteiger partial charge is 0.213 e. The van der Waals surface area contributed by atoms with Gasteiger partial charge in [0.2, 0.25) is 10.0 Å². The van der Waals surface area contributed by atoms with Crippen molar-refractivity contribution in [2.75, 3.05) is 24.2 Å². The Morgan fingerprint density at radius 2 is 1.96 bits per heavy atom. The highest BCUT2D eigenvalue weighted by Crippen LogP contribution is 2.30. The third-order valence-electron chi connectivity index (χ3n) is 4.10. The van der Waals surface area contributed by atoms with Gasteiger partial charge in [-0.2, -0.15) is 0 Å². The van der Waals surface area contributed by atoms with E-state index >= 15 is 0 Å². The van der Waals surface area contributed by atoms with Gasteiger partial charge in [-0.25, -0.2) is 17.7 Å². The third-order valence-corrected chi connectivity index (χ3v) is 6.96. The lowest BCUT2D eigenvalue weighted by atomic mass is 10.1. The molecular weight excluding hydrogens is 330 g/mol. The molecule has 0 atom stereocenters. The van der Waals surface area contributed by atoms with Crippen LogP contribution in [0.3, 0.4) is 0 Å². The molecule has 0 bridgehead atoms. The molecule has 124 valence electrons. The monoisotopic (exact) mass is 351 g/mol. The number of hydrogen-bond donors (Lipinski definition) is 1. The molecule has 1 saturated heterocycles. The fourth-order valence-electron chi connectivity index (χ4n) is 2.71. The normalized spacial score (nSPS) is 17.3. The molecule has 0 saturated carbocycles. The summed E-state index contributed by atoms with van der Waals surface area (Å²) in [5.74, 6) is 0.179. The average molecular weight is 351 g/mol. The second-order valence-electron chi connectivity index (χ2n) is 5.61. The molecule has 0 unspecified atom stereocenters. The molecule has 1 N–H and O–H groups in total. The maximum atomic E-state index is 11.9. The van der Waals surface area contributed by atoms with Crippen molar-refractivity contribution >= 4 is 26.5 Å². The minimum atomic E-state index is -3.06. The predicted octanol–water partition coefficient (Wildman–Crippen LogP) is 3.04. The minimum Gasteiger partial charge on any atom is -0.359 e. The van der Waals surface area contributed by atoms with Gasteiger partial charge in [-0.1, -0.05) is 41.7 Å². The maximum absolute atomic E-state index is 11.9. The second kappa shape index (κ2) is 6.98. The first-order valence-electron chi connectivity index (χ1n) is 7.84. The molecule has 1 fully saturated rings. The van der Waals surface area contributed by atoms with E-state index in [0.717, 1.165) is 22.9 Å². The molecule has 5 nitrogen and oxygen atoms in total. The first-order chi connectivity index (χ1) is 11.1. The van der Waals surface area contributed by atoms with E-state index in [1.54, 1.807) is 22.6 Å². The van der Waals surface area contributed by atoms with Gasteiger partial charge in [0.25, 0.3) is 0 Å². The Morgan fingerprint density at radius 1 is 1.26 bits per heavy atom. The lowest BCUT2D eigenvalue weighted by molar-refractivity contribution is 0.330. The van der Waals surface area contributed by atoms with Crippen LogP contribution in [0.2, 0.25) is 0 Å². The van der Waals surface area contributed by atoms with E-state index in [0.29, 0.717) is 13.1 Å². The number of anilines is 1. The molecular formula is C16H21N3O2S2. The van der Waals surface area contributed by atoms with Crippen molar-refractivity contribution in [3.63, 3.8) is 0 Å². The van der Waals surface area contributed by atoms with Gasteiger partial charge >= 0.3 is 0 Å². The zero-order valence-electron chi connectivity index (χ0n) is 13.1. The van der Waals surface area contributed by atoms with Crippen LogP contribution in [0.1, 0.15) is 19.8 Å². The summed E-state index contributed by atoms with van der Waals surface area (Å²) in [5, 5.41) is 4.35. The van der Waals surface area contributed by atoms with E-state index in [9.17, 15) is 8.42 Å². The van der Waals surface area contributed by atoms with Crippen LogP contribution < -0.4 is 5.32 Å². The standard InChI is InChI=1S/C16H21N3O2S2/c1-2-23(20,21)19-10-8-14(9-11-19)18-16-17-12-15(22-16)13-6-4-3-5-7-13/h3-7,12,14H,2,8-11H2,1H3,(H,17,18). The van der Waals surface area contributed by atoms with Gasteiger partial charge in [-0.3, -0.25) is 0 Å². The molecule has 0 spiro atoms. The molecule has 2 aromatic rings. The highest BCUT2D eigenvalue weighted by molar-refractivity contribution is 7.89. The van der Waals surface area contributed by atoms with Crippen LogP contribution in [0.15, 0.2) is 36.5 Å². The number of benzene rings is 1. The SMILES string of the molecule is CCS(=O)(=O)N1CCC(Nc2ncc(-c3ccccc3)s2)CC1. The molecule has 2 heterocycles. The minimum absolute atomic E-state index is 0.179. The van der Waals surface area contributed by atoms with Crippen LogP contribution in [-0.2, 0) is 10.0 Å². The Balaban J connectivity index is 1.59. The van der Waals surface area contributed by atoms with E-state index < -0.39 is 10.0 Å². The Kier molecular flexibility index (Phi) is 4.99. The van der Waals surface area contributed by atoms with Gasteiger partial charge in [0.05, 0.1) is 10.6 Å². The Labute approximate surface area is 141 Å². The van der Waals surface area contributed by atoms with Crippen molar-refractivity contribution < 1.29 is 8.42 Å². The number of thiazole rings is 1. The maximum Gasteiger partial charge on any atom is 0.213 e. The molecule has 0 amide bonds. The van der Waals surface area contributed by atoms with Gasteiger partial charge in [0.1, 0.15) is 0 Å². The van der Waals surface area contributed by atoms with E-state index in [-0.39, 0.29) is 11.8 Å². The summed E-state index contributed by atoms with van der Waals surface area (Å²) < 4.78 is 25.3. The van der Waals surface area contributed by atoms with Crippen LogP contribution in [0.5, 0.6) is 0 Å². The largest absolute Gasteiger partial charge is 0.359 e. The first-order valence-corrected chi connectivity index (χ1v) is 10.3. The van der Waals surface area contributed by atoms with Crippen LogP contribution in [0, 0.1) is 0 Å². The second-order valence-corrected chi connectivity index (χ2v) is 8.90. The molecule has 1 aliphatic heterocycles. The predicted molar refractivity (Wildman–Crippen MR) is 95.2 cm³/mol. The average Bonchev–Trinajstić information content (AvgIpc) is 3.05. The van der Waals surface area contributed by atoms with Crippen molar-refractivity contribution in [1.29, 1.82) is 0 Å². The topological polar surface area (TPSA) is 62.3 Å². The molecule has 3 rings (SSSR count). The highest BCUT2D eigenvalue weighted by Gasteiger charge is 2.26.